The first-order valence-electron chi connectivity index (χ1n) is 4.20. The van der Waals surface area contributed by atoms with E-state index in [1.165, 1.54) is 0 Å². The zero-order valence-corrected chi connectivity index (χ0v) is 6.84. The molecule has 2 atom stereocenters. The number of carboxylic acid groups (broad SMARTS) is 1. The van der Waals surface area contributed by atoms with Crippen molar-refractivity contribution in [2.24, 2.45) is 5.92 Å². The van der Waals surface area contributed by atoms with E-state index in [-0.39, 0.29) is 5.92 Å². The summed E-state index contributed by atoms with van der Waals surface area (Å²) in [6, 6.07) is 0.445. The van der Waals surface area contributed by atoms with E-state index in [4.69, 9.17) is 5.11 Å². The van der Waals surface area contributed by atoms with E-state index >= 15 is 0 Å². The second-order valence-electron chi connectivity index (χ2n) is 3.10. The zero-order valence-electron chi connectivity index (χ0n) is 6.84. The molecule has 1 aliphatic carbocycles. The zero-order chi connectivity index (χ0) is 8.27. The molecule has 0 saturated heterocycles. The van der Waals surface area contributed by atoms with Gasteiger partial charge in [-0.2, -0.15) is 0 Å². The maximum Gasteiger partial charge on any atom is 0.306 e. The predicted molar refractivity (Wildman–Crippen MR) is 42.4 cm³/mol. The van der Waals surface area contributed by atoms with Crippen molar-refractivity contribution < 1.29 is 9.90 Å². The minimum atomic E-state index is -0.634. The fourth-order valence-corrected chi connectivity index (χ4v) is 1.68. The van der Waals surface area contributed by atoms with Crippen LogP contribution in [0.3, 0.4) is 0 Å². The molecule has 0 amide bonds. The molecular formula is C8H15NO2. The second kappa shape index (κ2) is 3.72. The number of carboxylic acids is 1. The molecule has 0 unspecified atom stereocenters. The third kappa shape index (κ3) is 2.19. The summed E-state index contributed by atoms with van der Waals surface area (Å²) in [5.74, 6) is -0.732. The highest BCUT2D eigenvalue weighted by molar-refractivity contribution is 5.70. The Kier molecular flexibility index (Phi) is 2.88. The van der Waals surface area contributed by atoms with Gasteiger partial charge in [0.25, 0.3) is 0 Å². The molecule has 0 radical (unpaired) electrons. The summed E-state index contributed by atoms with van der Waals surface area (Å²) in [6.45, 7) is 2.99. The highest BCUT2D eigenvalue weighted by atomic mass is 16.4. The van der Waals surface area contributed by atoms with E-state index in [2.05, 4.69) is 5.32 Å². The highest BCUT2D eigenvalue weighted by Crippen LogP contribution is 2.25. The molecule has 3 nitrogen and oxygen atoms in total. The number of rotatable bonds is 3. The quantitative estimate of drug-likeness (QED) is 0.638. The van der Waals surface area contributed by atoms with Gasteiger partial charge < -0.3 is 10.4 Å². The molecule has 2 N–H and O–H groups in total. The summed E-state index contributed by atoms with van der Waals surface area (Å²) in [6.07, 6.45) is 2.67. The normalized spacial score (nSPS) is 30.6. The van der Waals surface area contributed by atoms with Gasteiger partial charge >= 0.3 is 5.97 Å². The van der Waals surface area contributed by atoms with Gasteiger partial charge in [0.1, 0.15) is 0 Å². The summed E-state index contributed by atoms with van der Waals surface area (Å²) in [7, 11) is 0. The molecule has 0 aliphatic heterocycles. The Labute approximate surface area is 66.8 Å². The van der Waals surface area contributed by atoms with Crippen LogP contribution in [0.4, 0.5) is 0 Å². The summed E-state index contributed by atoms with van der Waals surface area (Å²) in [5.41, 5.74) is 0. The lowest BCUT2D eigenvalue weighted by Gasteiger charge is -2.08. The molecular weight excluding hydrogens is 142 g/mol. The monoisotopic (exact) mass is 157 g/mol. The first-order chi connectivity index (χ1) is 5.24. The Morgan fingerprint density at radius 1 is 1.64 bits per heavy atom. The largest absolute Gasteiger partial charge is 0.481 e. The van der Waals surface area contributed by atoms with Gasteiger partial charge in [0.15, 0.2) is 0 Å². The van der Waals surface area contributed by atoms with Gasteiger partial charge in [-0.25, -0.2) is 0 Å². The van der Waals surface area contributed by atoms with Crippen LogP contribution in [0.1, 0.15) is 26.2 Å². The van der Waals surface area contributed by atoms with Crippen LogP contribution in [0.15, 0.2) is 0 Å². The first-order valence-corrected chi connectivity index (χ1v) is 4.20. The average molecular weight is 157 g/mol. The molecule has 11 heavy (non-hydrogen) atoms. The number of carbonyl (C=O) groups is 1. The van der Waals surface area contributed by atoms with Gasteiger partial charge in [-0.1, -0.05) is 6.92 Å². The van der Waals surface area contributed by atoms with E-state index in [0.29, 0.717) is 6.04 Å². The Morgan fingerprint density at radius 2 is 2.36 bits per heavy atom. The second-order valence-corrected chi connectivity index (χ2v) is 3.10. The van der Waals surface area contributed by atoms with Gasteiger partial charge in [-0.05, 0) is 25.8 Å². The standard InChI is InChI=1S/C8H15NO2/c1-2-9-7-4-3-6(5-7)8(10)11/h6-7,9H,2-5H2,1H3,(H,10,11)/t6-,7-/m0/s1. The molecule has 3 heteroatoms. The molecule has 0 spiro atoms. The van der Waals surface area contributed by atoms with Crippen molar-refractivity contribution in [2.45, 2.75) is 32.2 Å². The fraction of sp³-hybridized carbons (Fsp3) is 0.875. The van der Waals surface area contributed by atoms with E-state index < -0.39 is 5.97 Å². The van der Waals surface area contributed by atoms with E-state index in [1.807, 2.05) is 6.92 Å². The van der Waals surface area contributed by atoms with Crippen molar-refractivity contribution in [1.82, 2.24) is 5.32 Å². The summed E-state index contributed by atoms with van der Waals surface area (Å²) in [4.78, 5) is 10.5. The predicted octanol–water partition coefficient (Wildman–Crippen LogP) is 0.849. The molecule has 0 bridgehead atoms. The number of nitrogens with one attached hydrogen (secondary N) is 1. The van der Waals surface area contributed by atoms with Gasteiger partial charge in [0, 0.05) is 6.04 Å². The van der Waals surface area contributed by atoms with E-state index in [1.54, 1.807) is 0 Å². The van der Waals surface area contributed by atoms with Crippen LogP contribution in [0.25, 0.3) is 0 Å². The summed E-state index contributed by atoms with van der Waals surface area (Å²) < 4.78 is 0. The lowest BCUT2D eigenvalue weighted by molar-refractivity contribution is -0.141. The van der Waals surface area contributed by atoms with Crippen LogP contribution in [0.5, 0.6) is 0 Å². The highest BCUT2D eigenvalue weighted by Gasteiger charge is 2.28. The molecule has 0 aromatic carbocycles. The van der Waals surface area contributed by atoms with Crippen molar-refractivity contribution in [3.05, 3.63) is 0 Å². The smallest absolute Gasteiger partial charge is 0.306 e. The molecule has 0 heterocycles. The van der Waals surface area contributed by atoms with Crippen LogP contribution in [-0.4, -0.2) is 23.7 Å². The average Bonchev–Trinajstić information content (AvgIpc) is 2.37. The van der Waals surface area contributed by atoms with Crippen molar-refractivity contribution in [3.63, 3.8) is 0 Å². The lowest BCUT2D eigenvalue weighted by Crippen LogP contribution is -2.26. The van der Waals surface area contributed by atoms with Crippen molar-refractivity contribution in [3.8, 4) is 0 Å². The van der Waals surface area contributed by atoms with Crippen LogP contribution in [0, 0.1) is 5.92 Å². The van der Waals surface area contributed by atoms with Crippen LogP contribution >= 0.6 is 0 Å². The Bertz CT molecular complexity index is 147. The molecule has 1 fully saturated rings. The minimum absolute atomic E-state index is 0.0981. The number of aliphatic carboxylic acids is 1. The molecule has 64 valence electrons. The third-order valence-corrected chi connectivity index (χ3v) is 2.27. The number of hydrogen-bond acceptors (Lipinski definition) is 2. The fourth-order valence-electron chi connectivity index (χ4n) is 1.68. The minimum Gasteiger partial charge on any atom is -0.481 e. The van der Waals surface area contributed by atoms with Gasteiger partial charge in [-0.15, -0.1) is 0 Å². The maximum atomic E-state index is 10.5. The first kappa shape index (κ1) is 8.53. The molecule has 1 saturated carbocycles. The molecule has 1 rings (SSSR count). The van der Waals surface area contributed by atoms with Crippen LogP contribution < -0.4 is 5.32 Å². The molecule has 1 aliphatic rings. The van der Waals surface area contributed by atoms with Crippen molar-refractivity contribution >= 4 is 5.97 Å². The SMILES string of the molecule is CCN[C@H]1CC[C@H](C(=O)O)C1. The van der Waals surface area contributed by atoms with E-state index in [0.717, 1.165) is 25.8 Å². The van der Waals surface area contributed by atoms with Crippen LogP contribution in [-0.2, 0) is 4.79 Å². The Balaban J connectivity index is 2.29. The lowest BCUT2D eigenvalue weighted by atomic mass is 10.1. The van der Waals surface area contributed by atoms with Crippen molar-refractivity contribution in [2.75, 3.05) is 6.54 Å². The van der Waals surface area contributed by atoms with Gasteiger partial charge in [0.2, 0.25) is 0 Å². The number of hydrogen-bond donors (Lipinski definition) is 2. The third-order valence-electron chi connectivity index (χ3n) is 2.27. The Morgan fingerprint density at radius 3 is 2.82 bits per heavy atom. The van der Waals surface area contributed by atoms with Crippen LogP contribution in [0.2, 0.25) is 0 Å². The maximum absolute atomic E-state index is 10.5. The van der Waals surface area contributed by atoms with Gasteiger partial charge in [-0.3, -0.25) is 4.79 Å². The Hall–Kier alpha value is -0.570. The van der Waals surface area contributed by atoms with Crippen molar-refractivity contribution in [1.29, 1.82) is 0 Å². The topological polar surface area (TPSA) is 49.3 Å². The summed E-state index contributed by atoms with van der Waals surface area (Å²) >= 11 is 0. The van der Waals surface area contributed by atoms with Gasteiger partial charge in [0.05, 0.1) is 5.92 Å². The molecule has 0 aromatic heterocycles. The summed E-state index contributed by atoms with van der Waals surface area (Å²) in [5, 5.41) is 11.9. The molecule has 0 aromatic rings. The van der Waals surface area contributed by atoms with E-state index in [9.17, 15) is 4.79 Å².